The molecule has 0 radical (unpaired) electrons. The van der Waals surface area contributed by atoms with E-state index in [0.29, 0.717) is 12.1 Å². The number of anilines is 1. The molecule has 0 amide bonds. The van der Waals surface area contributed by atoms with Gasteiger partial charge in [0.15, 0.2) is 0 Å². The van der Waals surface area contributed by atoms with Gasteiger partial charge in [-0.15, -0.1) is 0 Å². The number of hydrogen-bond donors (Lipinski definition) is 3. The van der Waals surface area contributed by atoms with Crippen LogP contribution in [0.3, 0.4) is 0 Å². The van der Waals surface area contributed by atoms with E-state index in [2.05, 4.69) is 15.2 Å². The van der Waals surface area contributed by atoms with Crippen molar-refractivity contribution in [2.45, 2.75) is 24.8 Å². The van der Waals surface area contributed by atoms with E-state index in [-0.39, 0.29) is 22.5 Å². The fraction of sp³-hybridized carbons (Fsp3) is 0.300. The first-order valence-electron chi connectivity index (χ1n) is 9.87. The monoisotopic (exact) mass is 503 g/mol. The maximum atomic E-state index is 14.6. The molecule has 1 unspecified atom stereocenters. The molecule has 0 spiro atoms. The Morgan fingerprint density at radius 2 is 1.89 bits per heavy atom. The van der Waals surface area contributed by atoms with Gasteiger partial charge in [-0.1, -0.05) is 6.07 Å². The third kappa shape index (κ3) is 4.99. The maximum Gasteiger partial charge on any atom is 0.419 e. The Morgan fingerprint density at radius 1 is 1.14 bits per heavy atom. The molecule has 186 valence electrons. The van der Waals surface area contributed by atoms with Crippen molar-refractivity contribution in [3.8, 4) is 11.3 Å². The van der Waals surface area contributed by atoms with Crippen LogP contribution >= 0.6 is 0 Å². The second kappa shape index (κ2) is 8.72. The van der Waals surface area contributed by atoms with Crippen LogP contribution in [-0.2, 0) is 17.5 Å². The summed E-state index contributed by atoms with van der Waals surface area (Å²) in [7, 11) is 0. The van der Waals surface area contributed by atoms with Crippen LogP contribution in [0.2, 0.25) is 0 Å². The molecule has 1 fully saturated rings. The Hall–Kier alpha value is -3.88. The molecule has 9 nitrogen and oxygen atoms in total. The predicted octanol–water partition coefficient (Wildman–Crippen LogP) is 2.01. The summed E-state index contributed by atoms with van der Waals surface area (Å²) in [4.78, 5) is 40.6. The quantitative estimate of drug-likeness (QED) is 0.458. The Morgan fingerprint density at radius 3 is 2.54 bits per heavy atom. The summed E-state index contributed by atoms with van der Waals surface area (Å²) in [6, 6.07) is 3.04. The number of aromatic nitrogens is 4. The second-order valence-corrected chi connectivity index (χ2v) is 7.71. The molecular formula is C20H15F6N5O4. The number of rotatable bonds is 5. The first kappa shape index (κ1) is 24.3. The number of hydrogen-bond acceptors (Lipinski definition) is 6. The molecule has 4 rings (SSSR count). The average Bonchev–Trinajstić information content (AvgIpc) is 3.06. The van der Waals surface area contributed by atoms with E-state index in [4.69, 9.17) is 4.74 Å². The van der Waals surface area contributed by atoms with Gasteiger partial charge in [-0.2, -0.15) is 18.3 Å². The van der Waals surface area contributed by atoms with Crippen molar-refractivity contribution in [2.24, 2.45) is 0 Å². The summed E-state index contributed by atoms with van der Waals surface area (Å²) < 4.78 is 86.1. The molecular weight excluding hydrogens is 488 g/mol. The van der Waals surface area contributed by atoms with Crippen LogP contribution in [0.15, 0.2) is 44.8 Å². The molecule has 1 atom stereocenters. The van der Waals surface area contributed by atoms with E-state index in [1.165, 1.54) is 0 Å². The average molecular weight is 503 g/mol. The Balaban J connectivity index is 1.53. The molecule has 15 heteroatoms. The van der Waals surface area contributed by atoms with Crippen LogP contribution in [0, 0.1) is 5.82 Å². The summed E-state index contributed by atoms with van der Waals surface area (Å²) in [6.07, 6.45) is -5.64. The third-order valence-electron chi connectivity index (χ3n) is 5.27. The molecule has 1 saturated heterocycles. The van der Waals surface area contributed by atoms with Crippen LogP contribution in [0.25, 0.3) is 11.3 Å². The summed E-state index contributed by atoms with van der Waals surface area (Å²) in [5.74, 6) is -5.04. The third-order valence-corrected chi connectivity index (χ3v) is 5.27. The zero-order valence-electron chi connectivity index (χ0n) is 17.4. The van der Waals surface area contributed by atoms with Gasteiger partial charge >= 0.3 is 11.9 Å². The van der Waals surface area contributed by atoms with Gasteiger partial charge in [0.2, 0.25) is 0 Å². The van der Waals surface area contributed by atoms with Crippen molar-refractivity contribution < 1.29 is 31.1 Å². The number of H-pyrrole nitrogens is 3. The zero-order chi connectivity index (χ0) is 25.5. The first-order valence-corrected chi connectivity index (χ1v) is 9.87. The molecule has 3 N–H and O–H groups in total. The van der Waals surface area contributed by atoms with Crippen LogP contribution < -0.4 is 21.7 Å². The summed E-state index contributed by atoms with van der Waals surface area (Å²) in [5.41, 5.74) is -4.52. The van der Waals surface area contributed by atoms with Crippen molar-refractivity contribution in [3.05, 3.63) is 78.6 Å². The van der Waals surface area contributed by atoms with E-state index < -0.39 is 66.1 Å². The zero-order valence-corrected chi connectivity index (χ0v) is 17.4. The van der Waals surface area contributed by atoms with Crippen LogP contribution in [-0.4, -0.2) is 45.3 Å². The van der Waals surface area contributed by atoms with Gasteiger partial charge in [0, 0.05) is 6.20 Å². The Kier molecular flexibility index (Phi) is 6.04. The lowest BCUT2D eigenvalue weighted by atomic mass is 10.1. The van der Waals surface area contributed by atoms with E-state index in [0.717, 1.165) is 23.2 Å². The van der Waals surface area contributed by atoms with Crippen molar-refractivity contribution in [3.63, 3.8) is 0 Å². The van der Waals surface area contributed by atoms with Crippen LogP contribution in [0.4, 0.5) is 32.0 Å². The van der Waals surface area contributed by atoms with Crippen molar-refractivity contribution >= 4 is 5.69 Å². The van der Waals surface area contributed by atoms with Crippen molar-refractivity contribution in [1.29, 1.82) is 0 Å². The normalized spacial score (nSPS) is 17.7. The molecule has 3 aromatic rings. The lowest BCUT2D eigenvalue weighted by Crippen LogP contribution is -2.34. The molecule has 1 aliphatic heterocycles. The van der Waals surface area contributed by atoms with E-state index in [1.807, 2.05) is 4.98 Å². The smallest absolute Gasteiger partial charge is 0.365 e. The molecule has 0 saturated carbocycles. The second-order valence-electron chi connectivity index (χ2n) is 7.71. The Labute approximate surface area is 190 Å². The maximum absolute atomic E-state index is 14.6. The largest absolute Gasteiger partial charge is 0.419 e. The number of alkyl halides is 5. The SMILES string of the molecule is O=c1[nH]cc(-c2cc(N3CC(OCc4ccc(C(F)(F)F)c(F)c4)C(F)(F)C3)c(=O)[nH]n2)c(=O)[nH]1. The summed E-state index contributed by atoms with van der Waals surface area (Å²) in [5, 5.41) is 5.79. The molecule has 1 aliphatic rings. The van der Waals surface area contributed by atoms with Crippen LogP contribution in [0.1, 0.15) is 11.1 Å². The van der Waals surface area contributed by atoms with E-state index in [9.17, 15) is 40.7 Å². The van der Waals surface area contributed by atoms with Gasteiger partial charge in [-0.05, 0) is 23.8 Å². The van der Waals surface area contributed by atoms with Gasteiger partial charge in [0.25, 0.3) is 17.0 Å². The topological polar surface area (TPSA) is 124 Å². The number of benzene rings is 1. The number of ether oxygens (including phenoxy) is 1. The van der Waals surface area contributed by atoms with Gasteiger partial charge in [-0.25, -0.2) is 23.1 Å². The van der Waals surface area contributed by atoms with Gasteiger partial charge in [-0.3, -0.25) is 14.6 Å². The number of nitrogens with zero attached hydrogens (tertiary/aromatic N) is 2. The predicted molar refractivity (Wildman–Crippen MR) is 109 cm³/mol. The first-order chi connectivity index (χ1) is 16.3. The van der Waals surface area contributed by atoms with Gasteiger partial charge < -0.3 is 14.6 Å². The fourth-order valence-corrected chi connectivity index (χ4v) is 3.56. The number of halogens is 6. The van der Waals surface area contributed by atoms with E-state index in [1.54, 1.807) is 0 Å². The highest BCUT2D eigenvalue weighted by molar-refractivity contribution is 5.62. The molecule has 3 heterocycles. The van der Waals surface area contributed by atoms with Crippen LogP contribution in [0.5, 0.6) is 0 Å². The lowest BCUT2D eigenvalue weighted by Gasteiger charge is -2.18. The minimum Gasteiger partial charge on any atom is -0.365 e. The highest BCUT2D eigenvalue weighted by atomic mass is 19.4. The van der Waals surface area contributed by atoms with Gasteiger partial charge in [0.05, 0.1) is 36.5 Å². The lowest BCUT2D eigenvalue weighted by molar-refractivity contribution is -0.140. The van der Waals surface area contributed by atoms with Crippen molar-refractivity contribution in [2.75, 3.05) is 18.0 Å². The van der Waals surface area contributed by atoms with E-state index >= 15 is 0 Å². The minimum absolute atomic E-state index is 0.0916. The molecule has 0 aliphatic carbocycles. The highest BCUT2D eigenvalue weighted by Gasteiger charge is 2.49. The molecule has 35 heavy (non-hydrogen) atoms. The molecule has 2 aromatic heterocycles. The number of nitrogens with one attached hydrogen (secondary N) is 3. The standard InChI is InChI=1S/C20H15F6N5O4/c21-12-3-9(1-2-11(12)20(24,25)26)7-35-15-6-31(8-19(15,22)23)14-4-13(29-30-17(14)33)10-5-27-18(34)28-16(10)32/h1-5,15H,6-8H2,(H,30,33)(H2,27,28,32,34). The summed E-state index contributed by atoms with van der Waals surface area (Å²) >= 11 is 0. The fourth-order valence-electron chi connectivity index (χ4n) is 3.56. The summed E-state index contributed by atoms with van der Waals surface area (Å²) in [6.45, 7) is -2.05. The number of aromatic amines is 3. The Bertz CT molecular complexity index is 1430. The van der Waals surface area contributed by atoms with Gasteiger partial charge in [0.1, 0.15) is 17.6 Å². The highest BCUT2D eigenvalue weighted by Crippen LogP contribution is 2.34. The van der Waals surface area contributed by atoms with Crippen molar-refractivity contribution in [1.82, 2.24) is 20.2 Å². The minimum atomic E-state index is -4.90. The molecule has 0 bridgehead atoms. The molecule has 1 aromatic carbocycles.